The zero-order chi connectivity index (χ0) is 9.23. The van der Waals surface area contributed by atoms with Gasteiger partial charge in [0.15, 0.2) is 17.6 Å². The molecule has 0 radical (unpaired) electrons. The lowest BCUT2D eigenvalue weighted by molar-refractivity contribution is 0.898. The predicted octanol–water partition coefficient (Wildman–Crippen LogP) is 4.46. The van der Waals surface area contributed by atoms with Gasteiger partial charge in [0.1, 0.15) is 0 Å². The zero-order valence-electron chi connectivity index (χ0n) is 7.75. The molecule has 1 atom stereocenters. The van der Waals surface area contributed by atoms with Gasteiger partial charge in [-0.2, -0.15) is 0 Å². The van der Waals surface area contributed by atoms with E-state index in [1.165, 1.54) is 18.6 Å². The molecule has 0 fully saturated rings. The molecule has 0 heterocycles. The Labute approximate surface area is 85.7 Å². The first kappa shape index (κ1) is 12.4. The third-order valence-corrected chi connectivity index (χ3v) is 5.20. The monoisotopic (exact) mass is 219 g/mol. The van der Waals surface area contributed by atoms with Crippen molar-refractivity contribution in [3.63, 3.8) is 0 Å². The Kier molecular flexibility index (Phi) is 9.79. The normalized spacial score (nSPS) is 10.3. The van der Waals surface area contributed by atoms with E-state index < -0.39 is 0 Å². The number of unbranched alkanes of at least 4 members (excludes halogenated alkanes) is 1. The Morgan fingerprint density at radius 2 is 2.25 bits per heavy atom. The van der Waals surface area contributed by atoms with E-state index in [1.807, 2.05) is 23.3 Å². The Balaban J connectivity index is 3.52. The summed E-state index contributed by atoms with van der Waals surface area (Å²) < 4.78 is 0. The molecule has 68 valence electrons. The summed E-state index contributed by atoms with van der Waals surface area (Å²) in [5.74, 6) is 2.87. The maximum Gasteiger partial charge on any atom is 0.283 e. The van der Waals surface area contributed by atoms with E-state index in [2.05, 4.69) is 19.6 Å². The van der Waals surface area contributed by atoms with Crippen molar-refractivity contribution >= 4 is 29.1 Å². The third-order valence-electron chi connectivity index (χ3n) is 1.22. The average Bonchev–Trinajstić information content (AvgIpc) is 2.06. The van der Waals surface area contributed by atoms with Crippen LogP contribution in [0, 0.1) is 0 Å². The minimum absolute atomic E-state index is 0.371. The molecule has 0 aliphatic carbocycles. The number of hydrogen-bond donors (Lipinski definition) is 0. The van der Waals surface area contributed by atoms with E-state index in [9.17, 15) is 0 Å². The summed E-state index contributed by atoms with van der Waals surface area (Å²) in [6.45, 7) is 4.32. The summed E-state index contributed by atoms with van der Waals surface area (Å²) in [4.78, 5) is 0. The first-order chi connectivity index (χ1) is 5.81. The molecule has 0 aromatic heterocycles. The second-order valence-electron chi connectivity index (χ2n) is 2.38. The molecule has 0 N–H and O–H groups in total. The number of allylic oxidation sites excluding steroid dienone is 1. The summed E-state index contributed by atoms with van der Waals surface area (Å²) in [7, 11) is 0. The van der Waals surface area contributed by atoms with Crippen molar-refractivity contribution in [3.8, 4) is 0 Å². The predicted molar refractivity (Wildman–Crippen MR) is 64.6 cm³/mol. The van der Waals surface area contributed by atoms with Gasteiger partial charge in [0, 0.05) is 5.75 Å². The van der Waals surface area contributed by atoms with Crippen LogP contribution >= 0.6 is 17.3 Å². The average molecular weight is 219 g/mol. The van der Waals surface area contributed by atoms with Crippen molar-refractivity contribution in [2.45, 2.75) is 33.1 Å². The topological polar surface area (TPSA) is 0 Å². The van der Waals surface area contributed by atoms with E-state index in [0.717, 1.165) is 6.42 Å². The van der Waals surface area contributed by atoms with Crippen molar-refractivity contribution in [1.82, 2.24) is 0 Å². The van der Waals surface area contributed by atoms with Crippen LogP contribution in [0.2, 0.25) is 0 Å². The SMILES string of the molecule is CCC=C=C[P+](=S)SCCCC. The van der Waals surface area contributed by atoms with Crippen molar-refractivity contribution < 1.29 is 0 Å². The minimum atomic E-state index is -0.371. The van der Waals surface area contributed by atoms with Crippen LogP contribution in [0.3, 0.4) is 0 Å². The molecule has 0 saturated carbocycles. The highest BCUT2D eigenvalue weighted by atomic mass is 32.9. The molecule has 12 heavy (non-hydrogen) atoms. The molecule has 0 spiro atoms. The lowest BCUT2D eigenvalue weighted by atomic mass is 10.4. The van der Waals surface area contributed by atoms with Gasteiger partial charge in [-0.3, -0.25) is 0 Å². The molecule has 3 heteroatoms. The summed E-state index contributed by atoms with van der Waals surface area (Å²) in [5.41, 5.74) is 3.12. The van der Waals surface area contributed by atoms with Gasteiger partial charge in [-0.15, -0.1) is 0 Å². The molecule has 1 unspecified atom stereocenters. The van der Waals surface area contributed by atoms with Crippen LogP contribution in [-0.4, -0.2) is 5.75 Å². The van der Waals surface area contributed by atoms with Crippen LogP contribution in [0.5, 0.6) is 0 Å². The molecule has 0 aliphatic rings. The van der Waals surface area contributed by atoms with Gasteiger partial charge in [-0.25, -0.2) is 0 Å². The second-order valence-corrected chi connectivity index (χ2v) is 7.70. The fourth-order valence-corrected chi connectivity index (χ4v) is 3.65. The van der Waals surface area contributed by atoms with Gasteiger partial charge < -0.3 is 0 Å². The maximum absolute atomic E-state index is 5.25. The van der Waals surface area contributed by atoms with E-state index in [4.69, 9.17) is 11.8 Å². The largest absolute Gasteiger partial charge is 0.283 e. The van der Waals surface area contributed by atoms with Crippen LogP contribution in [0.1, 0.15) is 33.1 Å². The Morgan fingerprint density at radius 1 is 1.50 bits per heavy atom. The van der Waals surface area contributed by atoms with E-state index >= 15 is 0 Å². The Hall–Kier alpha value is 0.390. The zero-order valence-corrected chi connectivity index (χ0v) is 10.3. The van der Waals surface area contributed by atoms with Gasteiger partial charge in [0.05, 0.1) is 11.4 Å². The summed E-state index contributed by atoms with van der Waals surface area (Å²) in [5, 5.41) is 0. The molecule has 0 aliphatic heterocycles. The summed E-state index contributed by atoms with van der Waals surface area (Å²) in [6.07, 6.45) is 5.63. The second kappa shape index (κ2) is 9.48. The van der Waals surface area contributed by atoms with Gasteiger partial charge >= 0.3 is 0 Å². The first-order valence-electron chi connectivity index (χ1n) is 4.31. The highest BCUT2D eigenvalue weighted by Gasteiger charge is 2.04. The van der Waals surface area contributed by atoms with E-state index in [0.29, 0.717) is 0 Å². The first-order valence-corrected chi connectivity index (χ1v) is 8.33. The van der Waals surface area contributed by atoms with Gasteiger partial charge in [0.25, 0.3) is 5.90 Å². The Bertz CT molecular complexity index is 181. The smallest absolute Gasteiger partial charge is 0.0775 e. The minimum Gasteiger partial charge on any atom is -0.0775 e. The van der Waals surface area contributed by atoms with Crippen LogP contribution in [0.15, 0.2) is 17.6 Å². The third kappa shape index (κ3) is 8.49. The van der Waals surface area contributed by atoms with E-state index in [1.54, 1.807) is 0 Å². The van der Waals surface area contributed by atoms with Gasteiger partial charge in [0.2, 0.25) is 0 Å². The van der Waals surface area contributed by atoms with Gasteiger partial charge in [-0.05, 0) is 18.9 Å². The van der Waals surface area contributed by atoms with Crippen molar-refractivity contribution in [2.24, 2.45) is 0 Å². The summed E-state index contributed by atoms with van der Waals surface area (Å²) in [6, 6.07) is 0. The van der Waals surface area contributed by atoms with Crippen LogP contribution in [0.25, 0.3) is 0 Å². The molecule has 0 aromatic rings. The van der Waals surface area contributed by atoms with Crippen molar-refractivity contribution in [2.75, 3.05) is 5.75 Å². The molecular weight excluding hydrogens is 203 g/mol. The lowest BCUT2D eigenvalue weighted by Crippen LogP contribution is -1.70. The molecule has 0 nitrogen and oxygen atoms in total. The fourth-order valence-electron chi connectivity index (χ4n) is 0.568. The molecule has 0 aromatic carbocycles. The lowest BCUT2D eigenvalue weighted by Gasteiger charge is -1.84. The van der Waals surface area contributed by atoms with Crippen molar-refractivity contribution in [1.29, 1.82) is 0 Å². The standard InChI is InChI=1S/C9H16PS2/c1-3-5-7-8-10(11)12-9-6-4-2/h5,8H,3-4,6,9H2,1-2H3/q+1. The van der Waals surface area contributed by atoms with E-state index in [-0.39, 0.29) is 5.90 Å². The fraction of sp³-hybridized carbons (Fsp3) is 0.667. The van der Waals surface area contributed by atoms with Crippen LogP contribution in [-0.2, 0) is 11.8 Å². The summed E-state index contributed by atoms with van der Waals surface area (Å²) >= 11 is 7.15. The maximum atomic E-state index is 5.25. The van der Waals surface area contributed by atoms with Gasteiger partial charge in [-0.1, -0.05) is 26.0 Å². The van der Waals surface area contributed by atoms with Crippen LogP contribution in [0.4, 0.5) is 0 Å². The highest BCUT2D eigenvalue weighted by Crippen LogP contribution is 2.39. The number of hydrogen-bond acceptors (Lipinski definition) is 2. The highest BCUT2D eigenvalue weighted by molar-refractivity contribution is 8.65. The quantitative estimate of drug-likeness (QED) is 0.367. The Morgan fingerprint density at radius 3 is 2.83 bits per heavy atom. The molecular formula is C9H16PS2+. The molecule has 0 rings (SSSR count). The molecule has 0 amide bonds. The number of rotatable bonds is 6. The molecule has 0 bridgehead atoms. The molecule has 0 saturated heterocycles. The van der Waals surface area contributed by atoms with Crippen LogP contribution < -0.4 is 0 Å². The van der Waals surface area contributed by atoms with Crippen molar-refractivity contribution in [3.05, 3.63) is 17.6 Å².